The zero-order valence-corrected chi connectivity index (χ0v) is 6.46. The summed E-state index contributed by atoms with van der Waals surface area (Å²) in [5.74, 6) is 1.02. The van der Waals surface area contributed by atoms with Gasteiger partial charge >= 0.3 is 0 Å². The van der Waals surface area contributed by atoms with Gasteiger partial charge in [0.1, 0.15) is 5.82 Å². The summed E-state index contributed by atoms with van der Waals surface area (Å²) in [6.45, 7) is 0.947. The molecule has 0 fully saturated rings. The average molecular weight is 149 g/mol. The summed E-state index contributed by atoms with van der Waals surface area (Å²) in [7, 11) is 1.97. The van der Waals surface area contributed by atoms with Crippen molar-refractivity contribution in [1.29, 1.82) is 0 Å². The van der Waals surface area contributed by atoms with Crippen LogP contribution < -0.4 is 10.6 Å². The number of anilines is 1. The highest BCUT2D eigenvalue weighted by atomic mass is 15.1. The first-order chi connectivity index (χ1) is 5.42. The molecule has 1 aromatic heterocycles. The molecule has 1 unspecified atom stereocenters. The van der Waals surface area contributed by atoms with Crippen LogP contribution in [0.4, 0.5) is 5.82 Å². The van der Waals surface area contributed by atoms with E-state index in [-0.39, 0.29) is 0 Å². The Bertz CT molecular complexity index is 259. The van der Waals surface area contributed by atoms with Gasteiger partial charge in [0.25, 0.3) is 0 Å². The monoisotopic (exact) mass is 149 g/mol. The van der Waals surface area contributed by atoms with Crippen LogP contribution in [0.5, 0.6) is 0 Å². The minimum Gasteiger partial charge on any atom is -0.368 e. The van der Waals surface area contributed by atoms with Gasteiger partial charge in [-0.15, -0.1) is 0 Å². The van der Waals surface area contributed by atoms with Crippen LogP contribution in [0.15, 0.2) is 18.3 Å². The number of nitrogens with one attached hydrogen (secondary N) is 2. The number of nitrogens with zero attached hydrogens (tertiary/aromatic N) is 1. The Balaban J connectivity index is 2.39. The molecule has 0 spiro atoms. The number of likely N-dealkylation sites (N-methyl/N-ethyl adjacent to an activating group) is 1. The third-order valence-electron chi connectivity index (χ3n) is 2.04. The molecule has 3 nitrogen and oxygen atoms in total. The Labute approximate surface area is 65.8 Å². The maximum Gasteiger partial charge on any atom is 0.130 e. The maximum atomic E-state index is 4.21. The number of hydrogen-bond donors (Lipinski definition) is 2. The van der Waals surface area contributed by atoms with E-state index in [0.717, 1.165) is 12.4 Å². The van der Waals surface area contributed by atoms with Crippen molar-refractivity contribution in [2.45, 2.75) is 6.04 Å². The van der Waals surface area contributed by atoms with Crippen LogP contribution >= 0.6 is 0 Å². The van der Waals surface area contributed by atoms with Crippen molar-refractivity contribution in [3.05, 3.63) is 23.9 Å². The second-order valence-electron chi connectivity index (χ2n) is 2.66. The standard InChI is InChI=1S/C8H11N3/c1-9-7-5-11-8-6(7)3-2-4-10-8/h2-4,7,9H,5H2,1H3,(H,10,11). The topological polar surface area (TPSA) is 37.0 Å². The summed E-state index contributed by atoms with van der Waals surface area (Å²) in [5.41, 5.74) is 1.27. The van der Waals surface area contributed by atoms with Crippen LogP contribution in [0.1, 0.15) is 11.6 Å². The molecule has 0 radical (unpaired) electrons. The number of fused-ring (bicyclic) bond motifs is 1. The van der Waals surface area contributed by atoms with E-state index in [4.69, 9.17) is 0 Å². The van der Waals surface area contributed by atoms with E-state index in [1.165, 1.54) is 5.56 Å². The zero-order chi connectivity index (χ0) is 7.68. The molecule has 0 saturated heterocycles. The van der Waals surface area contributed by atoms with E-state index < -0.39 is 0 Å². The van der Waals surface area contributed by atoms with Crippen LogP contribution in [0, 0.1) is 0 Å². The second-order valence-corrected chi connectivity index (χ2v) is 2.66. The SMILES string of the molecule is CNC1CNc2ncccc21. The number of hydrogen-bond acceptors (Lipinski definition) is 3. The summed E-state index contributed by atoms with van der Waals surface area (Å²) in [6, 6.07) is 4.50. The number of rotatable bonds is 1. The molecule has 0 aliphatic carbocycles. The summed E-state index contributed by atoms with van der Waals surface area (Å²) < 4.78 is 0. The molecule has 1 aromatic rings. The van der Waals surface area contributed by atoms with Crippen molar-refractivity contribution in [2.75, 3.05) is 18.9 Å². The molecular formula is C8H11N3. The molecule has 1 aliphatic rings. The van der Waals surface area contributed by atoms with Crippen molar-refractivity contribution in [2.24, 2.45) is 0 Å². The number of pyridine rings is 1. The van der Waals surface area contributed by atoms with Gasteiger partial charge < -0.3 is 10.6 Å². The van der Waals surface area contributed by atoms with Crippen molar-refractivity contribution in [1.82, 2.24) is 10.3 Å². The van der Waals surface area contributed by atoms with Crippen LogP contribution in [0.3, 0.4) is 0 Å². The molecule has 0 amide bonds. The summed E-state index contributed by atoms with van der Waals surface area (Å²) in [4.78, 5) is 4.21. The Morgan fingerprint density at radius 3 is 3.45 bits per heavy atom. The third kappa shape index (κ3) is 0.973. The first kappa shape index (κ1) is 6.61. The van der Waals surface area contributed by atoms with Gasteiger partial charge in [-0.3, -0.25) is 0 Å². The lowest BCUT2D eigenvalue weighted by Gasteiger charge is -2.05. The first-order valence-electron chi connectivity index (χ1n) is 3.78. The summed E-state index contributed by atoms with van der Waals surface area (Å²) in [5, 5.41) is 6.45. The van der Waals surface area contributed by atoms with Gasteiger partial charge in [0, 0.05) is 18.3 Å². The molecule has 1 atom stereocenters. The highest BCUT2D eigenvalue weighted by Gasteiger charge is 2.20. The number of aromatic nitrogens is 1. The van der Waals surface area contributed by atoms with Gasteiger partial charge in [-0.25, -0.2) is 4.98 Å². The Hall–Kier alpha value is -1.09. The lowest BCUT2D eigenvalue weighted by atomic mass is 10.1. The molecule has 0 aromatic carbocycles. The molecule has 11 heavy (non-hydrogen) atoms. The van der Waals surface area contributed by atoms with E-state index in [1.807, 2.05) is 19.3 Å². The lowest BCUT2D eigenvalue weighted by Crippen LogP contribution is -2.17. The predicted octanol–water partition coefficient (Wildman–Crippen LogP) is 0.768. The van der Waals surface area contributed by atoms with Gasteiger partial charge in [0.2, 0.25) is 0 Å². The fraction of sp³-hybridized carbons (Fsp3) is 0.375. The van der Waals surface area contributed by atoms with E-state index >= 15 is 0 Å². The van der Waals surface area contributed by atoms with Crippen molar-refractivity contribution in [3.8, 4) is 0 Å². The molecule has 2 rings (SSSR count). The van der Waals surface area contributed by atoms with Gasteiger partial charge in [0.05, 0.1) is 6.04 Å². The van der Waals surface area contributed by atoms with Crippen molar-refractivity contribution in [3.63, 3.8) is 0 Å². The Morgan fingerprint density at radius 2 is 2.64 bits per heavy atom. The summed E-state index contributed by atoms with van der Waals surface area (Å²) in [6.07, 6.45) is 1.81. The van der Waals surface area contributed by atoms with E-state index in [9.17, 15) is 0 Å². The van der Waals surface area contributed by atoms with E-state index in [0.29, 0.717) is 6.04 Å². The van der Waals surface area contributed by atoms with Gasteiger partial charge in [-0.2, -0.15) is 0 Å². The minimum atomic E-state index is 0.429. The molecule has 0 bridgehead atoms. The Morgan fingerprint density at radius 1 is 1.73 bits per heavy atom. The quantitative estimate of drug-likeness (QED) is 0.619. The fourth-order valence-corrected chi connectivity index (χ4v) is 1.41. The molecule has 0 saturated carbocycles. The second kappa shape index (κ2) is 2.51. The highest BCUT2D eigenvalue weighted by molar-refractivity contribution is 5.50. The molecule has 1 aliphatic heterocycles. The lowest BCUT2D eigenvalue weighted by molar-refractivity contribution is 0.648. The van der Waals surface area contributed by atoms with Gasteiger partial charge in [-0.1, -0.05) is 6.07 Å². The molecule has 2 heterocycles. The summed E-state index contributed by atoms with van der Waals surface area (Å²) >= 11 is 0. The van der Waals surface area contributed by atoms with Crippen LogP contribution in [0.2, 0.25) is 0 Å². The zero-order valence-electron chi connectivity index (χ0n) is 6.46. The van der Waals surface area contributed by atoms with Crippen LogP contribution in [0.25, 0.3) is 0 Å². The third-order valence-corrected chi connectivity index (χ3v) is 2.04. The molecular weight excluding hydrogens is 138 g/mol. The smallest absolute Gasteiger partial charge is 0.130 e. The van der Waals surface area contributed by atoms with Gasteiger partial charge in [0.15, 0.2) is 0 Å². The first-order valence-corrected chi connectivity index (χ1v) is 3.78. The highest BCUT2D eigenvalue weighted by Crippen LogP contribution is 2.25. The average Bonchev–Trinajstić information content (AvgIpc) is 2.47. The minimum absolute atomic E-state index is 0.429. The van der Waals surface area contributed by atoms with Crippen LogP contribution in [-0.2, 0) is 0 Å². The van der Waals surface area contributed by atoms with E-state index in [2.05, 4.69) is 21.7 Å². The Kier molecular flexibility index (Phi) is 1.51. The largest absolute Gasteiger partial charge is 0.368 e. The normalized spacial score (nSPS) is 21.0. The maximum absolute atomic E-state index is 4.21. The van der Waals surface area contributed by atoms with Crippen molar-refractivity contribution >= 4 is 5.82 Å². The molecule has 58 valence electrons. The predicted molar refractivity (Wildman–Crippen MR) is 44.5 cm³/mol. The van der Waals surface area contributed by atoms with Gasteiger partial charge in [-0.05, 0) is 13.1 Å². The fourth-order valence-electron chi connectivity index (χ4n) is 1.41. The molecule has 2 N–H and O–H groups in total. The van der Waals surface area contributed by atoms with Crippen LogP contribution in [-0.4, -0.2) is 18.6 Å². The van der Waals surface area contributed by atoms with E-state index in [1.54, 1.807) is 0 Å². The molecule has 3 heteroatoms. The van der Waals surface area contributed by atoms with Crippen molar-refractivity contribution < 1.29 is 0 Å².